The predicted octanol–water partition coefficient (Wildman–Crippen LogP) is 1.97. The molecule has 2 amide bonds. The molecule has 2 unspecified atom stereocenters. The molecule has 2 aliphatic heterocycles. The molecule has 2 aliphatic rings. The zero-order chi connectivity index (χ0) is 17.1. The van der Waals surface area contributed by atoms with Gasteiger partial charge in [0, 0.05) is 38.7 Å². The van der Waals surface area contributed by atoms with Crippen molar-refractivity contribution < 1.29 is 9.59 Å². The van der Waals surface area contributed by atoms with E-state index in [1.165, 1.54) is 0 Å². The Labute approximate surface area is 143 Å². The maximum atomic E-state index is 12.8. The maximum absolute atomic E-state index is 12.8. The second-order valence-electron chi connectivity index (χ2n) is 7.19. The van der Waals surface area contributed by atoms with Gasteiger partial charge in [-0.15, -0.1) is 0 Å². The molecule has 1 aromatic rings. The highest BCUT2D eigenvalue weighted by Crippen LogP contribution is 2.24. The Morgan fingerprint density at radius 1 is 1.12 bits per heavy atom. The van der Waals surface area contributed by atoms with Crippen molar-refractivity contribution in [2.75, 3.05) is 13.1 Å². The fourth-order valence-electron chi connectivity index (χ4n) is 4.08. The average molecular weight is 332 g/mol. The van der Waals surface area contributed by atoms with E-state index in [0.29, 0.717) is 6.42 Å². The fraction of sp³-hybridized carbons (Fsp3) is 0.722. The van der Waals surface area contributed by atoms with Crippen LogP contribution in [-0.2, 0) is 16.1 Å². The van der Waals surface area contributed by atoms with E-state index in [0.717, 1.165) is 57.3 Å². The predicted molar refractivity (Wildman–Crippen MR) is 91.3 cm³/mol. The summed E-state index contributed by atoms with van der Waals surface area (Å²) in [6, 6.07) is 0.308. The molecule has 0 N–H and O–H groups in total. The summed E-state index contributed by atoms with van der Waals surface area (Å²) in [5.74, 6) is 0.289. The van der Waals surface area contributed by atoms with E-state index in [2.05, 4.69) is 5.10 Å². The van der Waals surface area contributed by atoms with Crippen LogP contribution in [-0.4, -0.2) is 56.6 Å². The molecule has 0 aliphatic carbocycles. The average Bonchev–Trinajstić information content (AvgIpc) is 3.17. The number of aryl methyl sites for hydroxylation is 1. The van der Waals surface area contributed by atoms with E-state index < -0.39 is 0 Å². The molecule has 0 bridgehead atoms. The summed E-state index contributed by atoms with van der Waals surface area (Å²) in [5.41, 5.74) is 1.14. The van der Waals surface area contributed by atoms with Crippen molar-refractivity contribution in [2.45, 2.75) is 71.0 Å². The number of likely N-dealkylation sites (tertiary alicyclic amines) is 2. The summed E-state index contributed by atoms with van der Waals surface area (Å²) in [6.45, 7) is 6.03. The molecule has 2 atom stereocenters. The van der Waals surface area contributed by atoms with E-state index in [1.54, 1.807) is 6.92 Å². The Morgan fingerprint density at radius 2 is 1.88 bits per heavy atom. The summed E-state index contributed by atoms with van der Waals surface area (Å²) in [7, 11) is 0. The third-order valence-corrected chi connectivity index (χ3v) is 5.30. The van der Waals surface area contributed by atoms with Crippen LogP contribution in [0, 0.1) is 6.92 Å². The third kappa shape index (κ3) is 3.79. The number of aromatic nitrogens is 2. The minimum Gasteiger partial charge on any atom is -0.339 e. The first kappa shape index (κ1) is 17.0. The van der Waals surface area contributed by atoms with Crippen molar-refractivity contribution in [3.05, 3.63) is 18.0 Å². The van der Waals surface area contributed by atoms with Gasteiger partial charge in [0.1, 0.15) is 0 Å². The lowest BCUT2D eigenvalue weighted by Gasteiger charge is -2.36. The topological polar surface area (TPSA) is 58.4 Å². The Balaban J connectivity index is 1.61. The van der Waals surface area contributed by atoms with E-state index in [4.69, 9.17) is 0 Å². The van der Waals surface area contributed by atoms with Crippen LogP contribution < -0.4 is 0 Å². The zero-order valence-corrected chi connectivity index (χ0v) is 14.8. The summed E-state index contributed by atoms with van der Waals surface area (Å²) in [5, 5.41) is 4.35. The Kier molecular flexibility index (Phi) is 5.21. The van der Waals surface area contributed by atoms with Crippen LogP contribution in [0.2, 0.25) is 0 Å². The van der Waals surface area contributed by atoms with Crippen LogP contribution in [0.25, 0.3) is 0 Å². The molecule has 0 aromatic carbocycles. The SMILES string of the molecule is CC(=O)N1CCCCC1CC(=O)N1CCCC1Cn1cc(C)cn1. The molecule has 6 nitrogen and oxygen atoms in total. The lowest BCUT2D eigenvalue weighted by Crippen LogP contribution is -2.47. The number of hydrogen-bond donors (Lipinski definition) is 0. The quantitative estimate of drug-likeness (QED) is 0.847. The molecular formula is C18H28N4O2. The van der Waals surface area contributed by atoms with Crippen molar-refractivity contribution in [1.82, 2.24) is 19.6 Å². The second kappa shape index (κ2) is 7.36. The second-order valence-corrected chi connectivity index (χ2v) is 7.19. The van der Waals surface area contributed by atoms with Crippen molar-refractivity contribution in [3.8, 4) is 0 Å². The molecule has 132 valence electrons. The smallest absolute Gasteiger partial charge is 0.224 e. The number of nitrogens with zero attached hydrogens (tertiary/aromatic N) is 4. The monoisotopic (exact) mass is 332 g/mol. The zero-order valence-electron chi connectivity index (χ0n) is 14.8. The summed E-state index contributed by atoms with van der Waals surface area (Å²) >= 11 is 0. The van der Waals surface area contributed by atoms with Crippen molar-refractivity contribution >= 4 is 11.8 Å². The fourth-order valence-corrected chi connectivity index (χ4v) is 4.08. The van der Waals surface area contributed by atoms with Gasteiger partial charge >= 0.3 is 0 Å². The molecule has 0 spiro atoms. The van der Waals surface area contributed by atoms with Crippen molar-refractivity contribution in [3.63, 3.8) is 0 Å². The third-order valence-electron chi connectivity index (χ3n) is 5.30. The van der Waals surface area contributed by atoms with E-state index in [1.807, 2.05) is 33.8 Å². The minimum atomic E-state index is 0.0805. The van der Waals surface area contributed by atoms with Crippen molar-refractivity contribution in [1.29, 1.82) is 0 Å². The Morgan fingerprint density at radius 3 is 2.58 bits per heavy atom. The molecule has 2 saturated heterocycles. The van der Waals surface area contributed by atoms with Gasteiger partial charge < -0.3 is 9.80 Å². The first-order chi connectivity index (χ1) is 11.5. The molecule has 0 saturated carbocycles. The first-order valence-corrected chi connectivity index (χ1v) is 9.10. The minimum absolute atomic E-state index is 0.0805. The summed E-state index contributed by atoms with van der Waals surface area (Å²) in [6.07, 6.45) is 9.54. The van der Waals surface area contributed by atoms with Crippen LogP contribution in [0.3, 0.4) is 0 Å². The van der Waals surface area contributed by atoms with Crippen LogP contribution in [0.15, 0.2) is 12.4 Å². The van der Waals surface area contributed by atoms with Crippen molar-refractivity contribution in [2.24, 2.45) is 0 Å². The number of hydrogen-bond acceptors (Lipinski definition) is 3. The number of carbonyl (C=O) groups excluding carboxylic acids is 2. The van der Waals surface area contributed by atoms with Gasteiger partial charge in [0.15, 0.2) is 0 Å². The van der Waals surface area contributed by atoms with Crippen LogP contribution in [0.5, 0.6) is 0 Å². The molecule has 0 radical (unpaired) electrons. The summed E-state index contributed by atoms with van der Waals surface area (Å²) < 4.78 is 1.94. The van der Waals surface area contributed by atoms with E-state index in [-0.39, 0.29) is 23.9 Å². The lowest BCUT2D eigenvalue weighted by atomic mass is 9.98. The normalized spacial score (nSPS) is 24.4. The first-order valence-electron chi connectivity index (χ1n) is 9.10. The van der Waals surface area contributed by atoms with Gasteiger partial charge in [-0.3, -0.25) is 14.3 Å². The highest BCUT2D eigenvalue weighted by molar-refractivity contribution is 5.79. The molecule has 3 rings (SSSR count). The summed E-state index contributed by atoms with van der Waals surface area (Å²) in [4.78, 5) is 28.6. The largest absolute Gasteiger partial charge is 0.339 e. The molecule has 24 heavy (non-hydrogen) atoms. The van der Waals surface area contributed by atoms with Gasteiger partial charge in [0.05, 0.1) is 18.8 Å². The van der Waals surface area contributed by atoms with Gasteiger partial charge in [-0.2, -0.15) is 5.10 Å². The highest BCUT2D eigenvalue weighted by atomic mass is 16.2. The van der Waals surface area contributed by atoms with E-state index in [9.17, 15) is 9.59 Å². The number of piperidine rings is 1. The van der Waals surface area contributed by atoms with E-state index >= 15 is 0 Å². The Bertz CT molecular complexity index is 598. The van der Waals surface area contributed by atoms with Gasteiger partial charge in [-0.25, -0.2) is 0 Å². The highest BCUT2D eigenvalue weighted by Gasteiger charge is 2.33. The molecule has 2 fully saturated rings. The maximum Gasteiger partial charge on any atom is 0.224 e. The number of carbonyl (C=O) groups is 2. The van der Waals surface area contributed by atoms with Crippen LogP contribution >= 0.6 is 0 Å². The standard InChI is InChI=1S/C18H28N4O2/c1-14-11-19-20(12-14)13-17-7-5-9-22(17)18(24)10-16-6-3-4-8-21(16)15(2)23/h11-12,16-17H,3-10,13H2,1-2H3. The van der Waals surface area contributed by atoms with Crippen LogP contribution in [0.1, 0.15) is 51.0 Å². The van der Waals surface area contributed by atoms with Gasteiger partial charge in [0.25, 0.3) is 0 Å². The molecule has 6 heteroatoms. The Hall–Kier alpha value is -1.85. The number of amides is 2. The molecule has 1 aromatic heterocycles. The lowest BCUT2D eigenvalue weighted by molar-refractivity contribution is -0.137. The number of rotatable bonds is 4. The van der Waals surface area contributed by atoms with Crippen LogP contribution in [0.4, 0.5) is 0 Å². The van der Waals surface area contributed by atoms with Gasteiger partial charge in [0.2, 0.25) is 11.8 Å². The molecular weight excluding hydrogens is 304 g/mol. The van der Waals surface area contributed by atoms with Gasteiger partial charge in [-0.1, -0.05) is 0 Å². The van der Waals surface area contributed by atoms with Gasteiger partial charge in [-0.05, 0) is 44.6 Å². The molecule has 3 heterocycles.